The van der Waals surface area contributed by atoms with E-state index in [-0.39, 0.29) is 5.56 Å². The summed E-state index contributed by atoms with van der Waals surface area (Å²) in [6.07, 6.45) is 4.18. The van der Waals surface area contributed by atoms with E-state index in [0.717, 1.165) is 13.0 Å². The van der Waals surface area contributed by atoms with Gasteiger partial charge in [0, 0.05) is 12.2 Å². The summed E-state index contributed by atoms with van der Waals surface area (Å²) in [5, 5.41) is 14.9. The average Bonchev–Trinajstić information content (AvgIpc) is 2.47. The summed E-state index contributed by atoms with van der Waals surface area (Å²) in [5.41, 5.74) is 0.577. The van der Waals surface area contributed by atoms with Crippen LogP contribution in [0.3, 0.4) is 0 Å². The first-order chi connectivity index (χ1) is 9.72. The molecule has 1 heterocycles. The van der Waals surface area contributed by atoms with Gasteiger partial charge in [0.1, 0.15) is 17.7 Å². The molecule has 2 aromatic rings. The van der Waals surface area contributed by atoms with E-state index in [1.165, 1.54) is 12.1 Å². The number of rotatable bonds is 5. The van der Waals surface area contributed by atoms with Crippen LogP contribution in [-0.4, -0.2) is 16.5 Å². The molecule has 0 aliphatic heterocycles. The number of nitrogens with zero attached hydrogens (tertiary/aromatic N) is 3. The lowest BCUT2D eigenvalue weighted by atomic mass is 10.2. The molecule has 0 aliphatic rings. The second-order valence-corrected chi connectivity index (χ2v) is 4.15. The molecule has 102 valence electrons. The predicted molar refractivity (Wildman–Crippen MR) is 75.2 cm³/mol. The number of nitriles is 1. The highest BCUT2D eigenvalue weighted by Gasteiger charge is 2.04. The molecule has 20 heavy (non-hydrogen) atoms. The number of hydrogen-bond acceptors (Lipinski definition) is 5. The molecule has 0 amide bonds. The lowest BCUT2D eigenvalue weighted by molar-refractivity contribution is 0.624. The van der Waals surface area contributed by atoms with Gasteiger partial charge >= 0.3 is 0 Å². The third kappa shape index (κ3) is 3.42. The van der Waals surface area contributed by atoms with Gasteiger partial charge in [0.15, 0.2) is 5.82 Å². The molecule has 0 aliphatic carbocycles. The molecule has 2 rings (SSSR count). The maximum atomic E-state index is 13.2. The van der Waals surface area contributed by atoms with E-state index in [2.05, 4.69) is 27.5 Å². The molecule has 2 N–H and O–H groups in total. The summed E-state index contributed by atoms with van der Waals surface area (Å²) < 4.78 is 13.2. The molecule has 0 atom stereocenters. The Hall–Kier alpha value is -2.68. The van der Waals surface area contributed by atoms with Gasteiger partial charge in [0.25, 0.3) is 0 Å². The molecule has 0 fully saturated rings. The van der Waals surface area contributed by atoms with Gasteiger partial charge in [-0.2, -0.15) is 5.26 Å². The van der Waals surface area contributed by atoms with Gasteiger partial charge in [-0.15, -0.1) is 0 Å². The summed E-state index contributed by atoms with van der Waals surface area (Å²) in [6.45, 7) is 2.87. The fourth-order valence-corrected chi connectivity index (χ4v) is 1.60. The highest BCUT2D eigenvalue weighted by molar-refractivity contribution is 5.59. The smallest absolute Gasteiger partial charge is 0.151 e. The van der Waals surface area contributed by atoms with E-state index >= 15 is 0 Å². The fraction of sp³-hybridized carbons (Fsp3) is 0.214. The Labute approximate surface area is 116 Å². The Morgan fingerprint density at radius 3 is 2.85 bits per heavy atom. The molecule has 0 saturated carbocycles. The van der Waals surface area contributed by atoms with Crippen molar-refractivity contribution < 1.29 is 4.39 Å². The number of aromatic nitrogens is 2. The van der Waals surface area contributed by atoms with Crippen molar-refractivity contribution in [2.45, 2.75) is 13.3 Å². The van der Waals surface area contributed by atoms with Gasteiger partial charge < -0.3 is 10.6 Å². The van der Waals surface area contributed by atoms with Crippen molar-refractivity contribution in [2.75, 3.05) is 17.2 Å². The number of halogens is 1. The van der Waals surface area contributed by atoms with Crippen LogP contribution in [0.25, 0.3) is 0 Å². The number of anilines is 3. The minimum atomic E-state index is -0.539. The molecule has 0 radical (unpaired) electrons. The highest BCUT2D eigenvalue weighted by Crippen LogP contribution is 2.18. The molecule has 1 aromatic heterocycles. The Balaban J connectivity index is 2.15. The van der Waals surface area contributed by atoms with Crippen molar-refractivity contribution in [3.8, 4) is 6.07 Å². The van der Waals surface area contributed by atoms with Crippen molar-refractivity contribution in [1.29, 1.82) is 5.26 Å². The lowest BCUT2D eigenvalue weighted by Crippen LogP contribution is -2.04. The summed E-state index contributed by atoms with van der Waals surface area (Å²) >= 11 is 0. The summed E-state index contributed by atoms with van der Waals surface area (Å²) in [6, 6.07) is 6.02. The minimum absolute atomic E-state index is 0.0109. The van der Waals surface area contributed by atoms with Crippen LogP contribution < -0.4 is 10.6 Å². The van der Waals surface area contributed by atoms with Crippen LogP contribution in [0, 0.1) is 17.1 Å². The molecular formula is C14H14FN5. The molecule has 0 unspecified atom stereocenters. The van der Waals surface area contributed by atoms with Gasteiger partial charge in [-0.05, 0) is 24.6 Å². The molecule has 6 heteroatoms. The number of nitrogens with one attached hydrogen (secondary N) is 2. The first-order valence-electron chi connectivity index (χ1n) is 6.25. The maximum Gasteiger partial charge on any atom is 0.151 e. The third-order valence-corrected chi connectivity index (χ3v) is 2.55. The molecule has 0 spiro atoms. The zero-order valence-corrected chi connectivity index (χ0v) is 11.0. The summed E-state index contributed by atoms with van der Waals surface area (Å²) in [4.78, 5) is 8.39. The lowest BCUT2D eigenvalue weighted by Gasteiger charge is -2.08. The fourth-order valence-electron chi connectivity index (χ4n) is 1.60. The third-order valence-electron chi connectivity index (χ3n) is 2.55. The van der Waals surface area contributed by atoms with Gasteiger partial charge in [0.2, 0.25) is 0 Å². The van der Waals surface area contributed by atoms with Crippen molar-refractivity contribution in [2.24, 2.45) is 0 Å². The molecule has 1 aromatic carbocycles. The second-order valence-electron chi connectivity index (χ2n) is 4.15. The summed E-state index contributed by atoms with van der Waals surface area (Å²) in [7, 11) is 0. The van der Waals surface area contributed by atoms with Crippen LogP contribution >= 0.6 is 0 Å². The van der Waals surface area contributed by atoms with Crippen LogP contribution in [0.4, 0.5) is 21.7 Å². The van der Waals surface area contributed by atoms with Crippen LogP contribution in [0.5, 0.6) is 0 Å². The minimum Gasteiger partial charge on any atom is -0.369 e. The first-order valence-corrected chi connectivity index (χ1v) is 6.25. The second kappa shape index (κ2) is 6.48. The predicted octanol–water partition coefficient (Wildman–Crippen LogP) is 3.05. The summed E-state index contributed by atoms with van der Waals surface area (Å²) in [5.74, 6) is 0.656. The van der Waals surface area contributed by atoms with E-state index in [1.807, 2.05) is 0 Å². The van der Waals surface area contributed by atoms with Crippen LogP contribution in [0.2, 0.25) is 0 Å². The molecule has 0 bridgehead atoms. The number of hydrogen-bond donors (Lipinski definition) is 2. The van der Waals surface area contributed by atoms with Crippen molar-refractivity contribution >= 4 is 17.3 Å². The van der Waals surface area contributed by atoms with E-state index < -0.39 is 5.82 Å². The van der Waals surface area contributed by atoms with Crippen molar-refractivity contribution in [1.82, 2.24) is 9.97 Å². The van der Waals surface area contributed by atoms with E-state index in [0.29, 0.717) is 17.3 Å². The van der Waals surface area contributed by atoms with Gasteiger partial charge in [-0.3, -0.25) is 4.98 Å². The van der Waals surface area contributed by atoms with Gasteiger partial charge in [-0.25, -0.2) is 9.37 Å². The normalized spacial score (nSPS) is 9.85. The monoisotopic (exact) mass is 271 g/mol. The Kier molecular flexibility index (Phi) is 4.45. The van der Waals surface area contributed by atoms with E-state index in [4.69, 9.17) is 5.26 Å². The van der Waals surface area contributed by atoms with Gasteiger partial charge in [-0.1, -0.05) is 6.92 Å². The van der Waals surface area contributed by atoms with E-state index in [9.17, 15) is 4.39 Å². The largest absolute Gasteiger partial charge is 0.369 e. The topological polar surface area (TPSA) is 73.6 Å². The quantitative estimate of drug-likeness (QED) is 0.874. The zero-order chi connectivity index (χ0) is 14.4. The Morgan fingerprint density at radius 2 is 2.10 bits per heavy atom. The first kappa shape index (κ1) is 13.7. The van der Waals surface area contributed by atoms with Crippen molar-refractivity contribution in [3.63, 3.8) is 0 Å². The van der Waals surface area contributed by atoms with Gasteiger partial charge in [0.05, 0.1) is 18.0 Å². The van der Waals surface area contributed by atoms with Crippen molar-refractivity contribution in [3.05, 3.63) is 42.0 Å². The van der Waals surface area contributed by atoms with Crippen LogP contribution in [0.1, 0.15) is 18.9 Å². The molecule has 0 saturated heterocycles. The van der Waals surface area contributed by atoms with Crippen LogP contribution in [-0.2, 0) is 0 Å². The Bertz CT molecular complexity index is 636. The van der Waals surface area contributed by atoms with Crippen LogP contribution in [0.15, 0.2) is 30.6 Å². The standard InChI is InChI=1S/C14H14FN5/c1-2-5-18-13-8-17-9-14(20-13)19-11-3-4-12(15)10(6-11)7-16/h3-4,6,8-9H,2,5H2,1H3,(H2,18,19,20). The zero-order valence-electron chi connectivity index (χ0n) is 11.0. The highest BCUT2D eigenvalue weighted by atomic mass is 19.1. The SMILES string of the molecule is CCCNc1cncc(Nc2ccc(F)c(C#N)c2)n1. The maximum absolute atomic E-state index is 13.2. The van der Waals surface area contributed by atoms with E-state index in [1.54, 1.807) is 24.5 Å². The molecular weight excluding hydrogens is 257 g/mol. The Morgan fingerprint density at radius 1 is 1.30 bits per heavy atom. The molecule has 5 nitrogen and oxygen atoms in total. The average molecular weight is 271 g/mol. The number of benzene rings is 1.